The van der Waals surface area contributed by atoms with Crippen molar-refractivity contribution in [3.05, 3.63) is 58.6 Å². The first kappa shape index (κ1) is 14.0. The first-order valence-electron chi connectivity index (χ1n) is 5.96. The summed E-state index contributed by atoms with van der Waals surface area (Å²) >= 11 is 5.60. The van der Waals surface area contributed by atoms with Crippen molar-refractivity contribution < 1.29 is 4.79 Å². The van der Waals surface area contributed by atoms with Gasteiger partial charge in [0.2, 0.25) is 11.2 Å². The Bertz CT molecular complexity index is 654. The van der Waals surface area contributed by atoms with Gasteiger partial charge in [-0.2, -0.15) is 0 Å². The van der Waals surface area contributed by atoms with Crippen molar-refractivity contribution in [2.75, 3.05) is 0 Å². The highest BCUT2D eigenvalue weighted by Crippen LogP contribution is 2.04. The Labute approximate surface area is 122 Å². The Hall–Kier alpha value is -2.38. The van der Waals surface area contributed by atoms with E-state index in [2.05, 4.69) is 27.1 Å². The Kier molecular flexibility index (Phi) is 4.70. The molecule has 0 aliphatic rings. The number of nitrogens with zero attached hydrogens (tertiary/aromatic N) is 2. The van der Waals surface area contributed by atoms with Gasteiger partial charge in [-0.05, 0) is 29.3 Å². The maximum atomic E-state index is 10.8. The molecule has 1 aromatic carbocycles. The third-order valence-corrected chi connectivity index (χ3v) is 2.66. The number of aromatic nitrogens is 2. The lowest BCUT2D eigenvalue weighted by Gasteiger charge is -2.01. The maximum Gasteiger partial charge on any atom is 0.222 e. The summed E-state index contributed by atoms with van der Waals surface area (Å²) in [4.78, 5) is 18.5. The second kappa shape index (κ2) is 6.69. The molecule has 20 heavy (non-hydrogen) atoms. The lowest BCUT2D eigenvalue weighted by atomic mass is 10.1. The van der Waals surface area contributed by atoms with Crippen LogP contribution < -0.4 is 5.32 Å². The summed E-state index contributed by atoms with van der Waals surface area (Å²) in [6.07, 6.45) is 3.15. The van der Waals surface area contributed by atoms with Gasteiger partial charge in [0.25, 0.3) is 0 Å². The second-order valence-electron chi connectivity index (χ2n) is 4.10. The number of carbonyl (C=O) groups excluding carboxylic acids is 1. The van der Waals surface area contributed by atoms with Crippen molar-refractivity contribution in [2.45, 2.75) is 13.5 Å². The lowest BCUT2D eigenvalue weighted by molar-refractivity contribution is -0.119. The van der Waals surface area contributed by atoms with Gasteiger partial charge in [0.1, 0.15) is 0 Å². The zero-order valence-corrected chi connectivity index (χ0v) is 11.6. The van der Waals surface area contributed by atoms with Crippen LogP contribution in [-0.2, 0) is 11.3 Å². The van der Waals surface area contributed by atoms with Gasteiger partial charge in [-0.25, -0.2) is 9.97 Å². The molecular formula is C15H12ClN3O. The van der Waals surface area contributed by atoms with Crippen molar-refractivity contribution in [1.82, 2.24) is 15.3 Å². The maximum absolute atomic E-state index is 10.8. The van der Waals surface area contributed by atoms with Crippen LogP contribution >= 0.6 is 11.6 Å². The molecule has 0 saturated heterocycles. The normalized spacial score (nSPS) is 9.50. The fourth-order valence-electron chi connectivity index (χ4n) is 1.45. The van der Waals surface area contributed by atoms with E-state index >= 15 is 0 Å². The van der Waals surface area contributed by atoms with Crippen molar-refractivity contribution in [3.63, 3.8) is 0 Å². The fourth-order valence-corrected chi connectivity index (χ4v) is 1.55. The molecule has 0 radical (unpaired) electrons. The van der Waals surface area contributed by atoms with E-state index in [1.807, 2.05) is 24.3 Å². The summed E-state index contributed by atoms with van der Waals surface area (Å²) in [5.41, 5.74) is 2.61. The molecule has 0 bridgehead atoms. The first-order chi connectivity index (χ1) is 9.63. The van der Waals surface area contributed by atoms with Gasteiger partial charge in [0, 0.05) is 31.4 Å². The van der Waals surface area contributed by atoms with Gasteiger partial charge < -0.3 is 5.32 Å². The molecule has 4 nitrogen and oxygen atoms in total. The van der Waals surface area contributed by atoms with E-state index in [0.717, 1.165) is 11.1 Å². The molecule has 0 atom stereocenters. The zero-order chi connectivity index (χ0) is 14.4. The first-order valence-corrected chi connectivity index (χ1v) is 6.34. The Balaban J connectivity index is 2.04. The number of amides is 1. The largest absolute Gasteiger partial charge is 0.352 e. The van der Waals surface area contributed by atoms with Crippen LogP contribution in [0.25, 0.3) is 0 Å². The average Bonchev–Trinajstić information content (AvgIpc) is 2.45. The predicted octanol–water partition coefficient (Wildman–Crippen LogP) is 2.17. The molecule has 0 aliphatic heterocycles. The van der Waals surface area contributed by atoms with Crippen LogP contribution in [0, 0.1) is 11.8 Å². The Morgan fingerprint density at radius 1 is 1.15 bits per heavy atom. The molecule has 2 rings (SSSR count). The minimum Gasteiger partial charge on any atom is -0.352 e. The van der Waals surface area contributed by atoms with E-state index in [1.54, 1.807) is 12.4 Å². The number of hydrogen-bond acceptors (Lipinski definition) is 3. The van der Waals surface area contributed by atoms with Crippen molar-refractivity contribution in [2.24, 2.45) is 0 Å². The highest BCUT2D eigenvalue weighted by molar-refractivity contribution is 6.28. The van der Waals surface area contributed by atoms with E-state index in [4.69, 9.17) is 11.6 Å². The van der Waals surface area contributed by atoms with Gasteiger partial charge in [0.05, 0.1) is 5.56 Å². The standard InChI is InChI=1S/C15H12ClN3O/c1-11(20)17-8-13-5-2-12(3-6-13)4-7-14-9-18-15(16)19-10-14/h2-3,5-6,9-10H,8H2,1H3,(H,17,20). The van der Waals surface area contributed by atoms with Crippen LogP contribution in [0.4, 0.5) is 0 Å². The highest BCUT2D eigenvalue weighted by atomic mass is 35.5. The van der Waals surface area contributed by atoms with Gasteiger partial charge >= 0.3 is 0 Å². The minimum absolute atomic E-state index is 0.0448. The van der Waals surface area contributed by atoms with E-state index in [-0.39, 0.29) is 11.2 Å². The van der Waals surface area contributed by atoms with Crippen LogP contribution in [0.3, 0.4) is 0 Å². The number of nitrogens with one attached hydrogen (secondary N) is 1. The predicted molar refractivity (Wildman–Crippen MR) is 77.0 cm³/mol. The number of halogens is 1. The molecule has 1 amide bonds. The van der Waals surface area contributed by atoms with E-state index in [0.29, 0.717) is 12.1 Å². The minimum atomic E-state index is -0.0448. The zero-order valence-electron chi connectivity index (χ0n) is 10.9. The average molecular weight is 286 g/mol. The summed E-state index contributed by atoms with van der Waals surface area (Å²) in [5, 5.41) is 2.95. The van der Waals surface area contributed by atoms with Gasteiger partial charge in [-0.3, -0.25) is 4.79 Å². The van der Waals surface area contributed by atoms with Gasteiger partial charge in [0.15, 0.2) is 0 Å². The second-order valence-corrected chi connectivity index (χ2v) is 4.44. The van der Waals surface area contributed by atoms with Crippen LogP contribution in [0.1, 0.15) is 23.6 Å². The number of carbonyl (C=O) groups is 1. The van der Waals surface area contributed by atoms with Crippen LogP contribution in [0.15, 0.2) is 36.7 Å². The number of rotatable bonds is 2. The SMILES string of the molecule is CC(=O)NCc1ccc(C#Cc2cnc(Cl)nc2)cc1. The molecule has 0 saturated carbocycles. The molecule has 1 heterocycles. The van der Waals surface area contributed by atoms with Crippen LogP contribution in [0.5, 0.6) is 0 Å². The summed E-state index contributed by atoms with van der Waals surface area (Å²) in [7, 11) is 0. The Morgan fingerprint density at radius 2 is 1.75 bits per heavy atom. The van der Waals surface area contributed by atoms with Crippen LogP contribution in [-0.4, -0.2) is 15.9 Å². The van der Waals surface area contributed by atoms with Crippen molar-refractivity contribution >= 4 is 17.5 Å². The molecular weight excluding hydrogens is 274 g/mol. The molecule has 0 spiro atoms. The molecule has 100 valence electrons. The quantitative estimate of drug-likeness (QED) is 0.679. The Morgan fingerprint density at radius 3 is 2.35 bits per heavy atom. The molecule has 1 aromatic heterocycles. The molecule has 0 fully saturated rings. The van der Waals surface area contributed by atoms with Crippen LogP contribution in [0.2, 0.25) is 5.28 Å². The third-order valence-electron chi connectivity index (χ3n) is 2.47. The number of hydrogen-bond donors (Lipinski definition) is 1. The summed E-state index contributed by atoms with van der Waals surface area (Å²) in [6.45, 7) is 2.02. The van der Waals surface area contributed by atoms with E-state index < -0.39 is 0 Å². The lowest BCUT2D eigenvalue weighted by Crippen LogP contribution is -2.18. The highest BCUT2D eigenvalue weighted by Gasteiger charge is 1.95. The van der Waals surface area contributed by atoms with Crippen molar-refractivity contribution in [1.29, 1.82) is 0 Å². The fraction of sp³-hybridized carbons (Fsp3) is 0.133. The molecule has 1 N–H and O–H groups in total. The summed E-state index contributed by atoms with van der Waals surface area (Å²) in [5.74, 6) is 5.92. The third kappa shape index (κ3) is 4.38. The monoisotopic (exact) mass is 285 g/mol. The topological polar surface area (TPSA) is 54.9 Å². The molecule has 2 aromatic rings. The van der Waals surface area contributed by atoms with E-state index in [9.17, 15) is 4.79 Å². The van der Waals surface area contributed by atoms with E-state index in [1.165, 1.54) is 6.92 Å². The smallest absolute Gasteiger partial charge is 0.222 e. The summed E-state index contributed by atoms with van der Waals surface area (Å²) < 4.78 is 0. The molecule has 5 heteroatoms. The number of benzene rings is 1. The molecule has 0 unspecified atom stereocenters. The van der Waals surface area contributed by atoms with Gasteiger partial charge in [-0.15, -0.1) is 0 Å². The van der Waals surface area contributed by atoms with Gasteiger partial charge in [-0.1, -0.05) is 24.0 Å². The van der Waals surface area contributed by atoms with Crippen molar-refractivity contribution in [3.8, 4) is 11.8 Å². The summed E-state index contributed by atoms with van der Waals surface area (Å²) in [6, 6.07) is 7.67. The molecule has 0 aliphatic carbocycles.